The van der Waals surface area contributed by atoms with Crippen molar-refractivity contribution in [2.75, 3.05) is 52.4 Å². The second-order valence-electron chi connectivity index (χ2n) is 6.31. The summed E-state index contributed by atoms with van der Waals surface area (Å²) < 4.78 is 0. The molecular formula is C16H31ClN4O2. The van der Waals surface area contributed by atoms with Crippen molar-refractivity contribution < 1.29 is 9.59 Å². The summed E-state index contributed by atoms with van der Waals surface area (Å²) in [5.41, 5.74) is 0. The number of nitrogens with one attached hydrogen (secondary N) is 2. The maximum atomic E-state index is 12.3. The smallest absolute Gasteiger partial charge is 0.224 e. The van der Waals surface area contributed by atoms with E-state index < -0.39 is 0 Å². The SMILES string of the molecule is CCCC(=O)N1CCCC(C(=O)NCCN2CCNCC2)C1.Cl. The molecule has 2 aliphatic heterocycles. The highest BCUT2D eigenvalue weighted by Crippen LogP contribution is 2.17. The third-order valence-corrected chi connectivity index (χ3v) is 4.55. The van der Waals surface area contributed by atoms with Crippen LogP contribution in [0.4, 0.5) is 0 Å². The van der Waals surface area contributed by atoms with E-state index in [1.165, 1.54) is 0 Å². The molecule has 2 amide bonds. The molecule has 2 fully saturated rings. The zero-order valence-electron chi connectivity index (χ0n) is 14.2. The molecule has 0 bridgehead atoms. The topological polar surface area (TPSA) is 64.7 Å². The summed E-state index contributed by atoms with van der Waals surface area (Å²) in [5.74, 6) is 0.280. The van der Waals surface area contributed by atoms with Crippen LogP contribution in [0.2, 0.25) is 0 Å². The van der Waals surface area contributed by atoms with E-state index in [1.807, 2.05) is 11.8 Å². The van der Waals surface area contributed by atoms with Gasteiger partial charge in [0.25, 0.3) is 0 Å². The second kappa shape index (κ2) is 10.8. The fourth-order valence-corrected chi connectivity index (χ4v) is 3.21. The van der Waals surface area contributed by atoms with Crippen LogP contribution in [-0.4, -0.2) is 74.0 Å². The van der Waals surface area contributed by atoms with Crippen molar-refractivity contribution in [3.05, 3.63) is 0 Å². The number of carbonyl (C=O) groups excluding carboxylic acids is 2. The number of piperazine rings is 1. The molecule has 1 unspecified atom stereocenters. The van der Waals surface area contributed by atoms with Gasteiger partial charge in [-0.05, 0) is 19.3 Å². The highest BCUT2D eigenvalue weighted by molar-refractivity contribution is 5.85. The lowest BCUT2D eigenvalue weighted by Gasteiger charge is -2.32. The van der Waals surface area contributed by atoms with Crippen LogP contribution in [0.5, 0.6) is 0 Å². The molecule has 0 spiro atoms. The summed E-state index contributed by atoms with van der Waals surface area (Å²) in [5, 5.41) is 6.38. The predicted octanol–water partition coefficient (Wildman–Crippen LogP) is 0.468. The molecule has 2 saturated heterocycles. The molecule has 2 heterocycles. The lowest BCUT2D eigenvalue weighted by Crippen LogP contribution is -2.48. The monoisotopic (exact) mass is 346 g/mol. The van der Waals surface area contributed by atoms with E-state index >= 15 is 0 Å². The first-order chi connectivity index (χ1) is 10.7. The largest absolute Gasteiger partial charge is 0.355 e. The lowest BCUT2D eigenvalue weighted by molar-refractivity contribution is -0.135. The summed E-state index contributed by atoms with van der Waals surface area (Å²) in [6.45, 7) is 9.22. The van der Waals surface area contributed by atoms with E-state index in [4.69, 9.17) is 0 Å². The van der Waals surface area contributed by atoms with Gasteiger partial charge in [0, 0.05) is 58.8 Å². The van der Waals surface area contributed by atoms with Crippen LogP contribution in [0.3, 0.4) is 0 Å². The number of rotatable bonds is 6. The summed E-state index contributed by atoms with van der Waals surface area (Å²) in [7, 11) is 0. The third kappa shape index (κ3) is 6.65. The van der Waals surface area contributed by atoms with E-state index in [-0.39, 0.29) is 30.1 Å². The molecule has 0 saturated carbocycles. The summed E-state index contributed by atoms with van der Waals surface area (Å²) >= 11 is 0. The first kappa shape index (κ1) is 20.2. The fourth-order valence-electron chi connectivity index (χ4n) is 3.21. The third-order valence-electron chi connectivity index (χ3n) is 4.55. The zero-order chi connectivity index (χ0) is 15.8. The van der Waals surface area contributed by atoms with Crippen LogP contribution in [0.15, 0.2) is 0 Å². The summed E-state index contributed by atoms with van der Waals surface area (Å²) in [6, 6.07) is 0. The molecule has 134 valence electrons. The van der Waals surface area contributed by atoms with Crippen molar-refractivity contribution in [2.45, 2.75) is 32.6 Å². The Balaban J connectivity index is 0.00000264. The number of hydrogen-bond donors (Lipinski definition) is 2. The van der Waals surface area contributed by atoms with Crippen molar-refractivity contribution in [1.82, 2.24) is 20.4 Å². The molecule has 2 rings (SSSR count). The average Bonchev–Trinajstić information content (AvgIpc) is 2.56. The molecule has 2 N–H and O–H groups in total. The molecule has 6 nitrogen and oxygen atoms in total. The maximum absolute atomic E-state index is 12.3. The Morgan fingerprint density at radius 1 is 1.22 bits per heavy atom. The predicted molar refractivity (Wildman–Crippen MR) is 93.8 cm³/mol. The van der Waals surface area contributed by atoms with Crippen LogP contribution in [0, 0.1) is 5.92 Å². The number of hydrogen-bond acceptors (Lipinski definition) is 4. The lowest BCUT2D eigenvalue weighted by atomic mass is 9.96. The zero-order valence-corrected chi connectivity index (χ0v) is 15.0. The highest BCUT2D eigenvalue weighted by Gasteiger charge is 2.27. The number of carbonyl (C=O) groups is 2. The molecule has 7 heteroatoms. The van der Waals surface area contributed by atoms with Crippen molar-refractivity contribution in [3.63, 3.8) is 0 Å². The van der Waals surface area contributed by atoms with Gasteiger partial charge in [-0.3, -0.25) is 14.5 Å². The van der Waals surface area contributed by atoms with E-state index in [1.54, 1.807) is 0 Å². The van der Waals surface area contributed by atoms with Crippen LogP contribution < -0.4 is 10.6 Å². The van der Waals surface area contributed by atoms with Crippen molar-refractivity contribution in [2.24, 2.45) is 5.92 Å². The molecule has 1 atom stereocenters. The Labute approximate surface area is 145 Å². The molecule has 0 aromatic carbocycles. The van der Waals surface area contributed by atoms with Crippen LogP contribution in [0.1, 0.15) is 32.6 Å². The minimum Gasteiger partial charge on any atom is -0.355 e. The molecule has 2 aliphatic rings. The Morgan fingerprint density at radius 3 is 2.65 bits per heavy atom. The number of amides is 2. The first-order valence-electron chi connectivity index (χ1n) is 8.69. The number of piperidine rings is 1. The van der Waals surface area contributed by atoms with E-state index in [0.717, 1.165) is 58.5 Å². The van der Waals surface area contributed by atoms with Gasteiger partial charge < -0.3 is 15.5 Å². The fraction of sp³-hybridized carbons (Fsp3) is 0.875. The molecule has 23 heavy (non-hydrogen) atoms. The Morgan fingerprint density at radius 2 is 1.96 bits per heavy atom. The number of likely N-dealkylation sites (tertiary alicyclic amines) is 1. The van der Waals surface area contributed by atoms with Gasteiger partial charge >= 0.3 is 0 Å². The van der Waals surface area contributed by atoms with E-state index in [9.17, 15) is 9.59 Å². The Kier molecular flexibility index (Phi) is 9.52. The van der Waals surface area contributed by atoms with E-state index in [0.29, 0.717) is 19.5 Å². The van der Waals surface area contributed by atoms with Crippen molar-refractivity contribution in [3.8, 4) is 0 Å². The summed E-state index contributed by atoms with van der Waals surface area (Å²) in [6.07, 6.45) is 3.30. The first-order valence-corrected chi connectivity index (χ1v) is 8.69. The normalized spacial score (nSPS) is 22.3. The van der Waals surface area contributed by atoms with Gasteiger partial charge in [-0.2, -0.15) is 0 Å². The van der Waals surface area contributed by atoms with Crippen molar-refractivity contribution >= 4 is 24.2 Å². The van der Waals surface area contributed by atoms with Crippen LogP contribution in [-0.2, 0) is 9.59 Å². The van der Waals surface area contributed by atoms with Gasteiger partial charge in [-0.1, -0.05) is 6.92 Å². The Hall–Kier alpha value is -0.850. The van der Waals surface area contributed by atoms with Crippen LogP contribution >= 0.6 is 12.4 Å². The van der Waals surface area contributed by atoms with Gasteiger partial charge in [0.15, 0.2) is 0 Å². The minimum absolute atomic E-state index is 0. The second-order valence-corrected chi connectivity index (χ2v) is 6.31. The van der Waals surface area contributed by atoms with E-state index in [2.05, 4.69) is 15.5 Å². The number of halogens is 1. The van der Waals surface area contributed by atoms with Gasteiger partial charge in [0.1, 0.15) is 0 Å². The Bertz CT molecular complexity index is 375. The molecular weight excluding hydrogens is 316 g/mol. The quantitative estimate of drug-likeness (QED) is 0.733. The maximum Gasteiger partial charge on any atom is 0.224 e. The molecule has 0 radical (unpaired) electrons. The number of nitrogens with zero attached hydrogens (tertiary/aromatic N) is 2. The van der Waals surface area contributed by atoms with Gasteiger partial charge in [0.2, 0.25) is 11.8 Å². The average molecular weight is 347 g/mol. The van der Waals surface area contributed by atoms with Gasteiger partial charge in [0.05, 0.1) is 5.92 Å². The highest BCUT2D eigenvalue weighted by atomic mass is 35.5. The summed E-state index contributed by atoms with van der Waals surface area (Å²) in [4.78, 5) is 28.5. The van der Waals surface area contributed by atoms with Crippen molar-refractivity contribution in [1.29, 1.82) is 0 Å². The molecule has 0 aliphatic carbocycles. The molecule has 0 aromatic heterocycles. The van der Waals surface area contributed by atoms with Gasteiger partial charge in [-0.15, -0.1) is 12.4 Å². The van der Waals surface area contributed by atoms with Crippen LogP contribution in [0.25, 0.3) is 0 Å². The standard InChI is InChI=1S/C16H30N4O2.ClH/c1-2-4-15(21)20-9-3-5-14(13-20)16(22)18-8-12-19-10-6-17-7-11-19;/h14,17H,2-13H2,1H3,(H,18,22);1H. The minimum atomic E-state index is -0.0300. The van der Waals surface area contributed by atoms with Gasteiger partial charge in [-0.25, -0.2) is 0 Å². The molecule has 0 aromatic rings.